The summed E-state index contributed by atoms with van der Waals surface area (Å²) < 4.78 is 27.9. The van der Waals surface area contributed by atoms with Crippen molar-refractivity contribution in [3.05, 3.63) is 43.0 Å². The van der Waals surface area contributed by atoms with Crippen molar-refractivity contribution in [3.63, 3.8) is 0 Å². The van der Waals surface area contributed by atoms with Crippen molar-refractivity contribution >= 4 is 15.7 Å². The van der Waals surface area contributed by atoms with Crippen LogP contribution in [0.1, 0.15) is 6.42 Å². The molecule has 6 nitrogen and oxygen atoms in total. The van der Waals surface area contributed by atoms with Crippen LogP contribution < -0.4 is 5.73 Å². The van der Waals surface area contributed by atoms with Gasteiger partial charge in [-0.25, -0.2) is 17.7 Å². The van der Waals surface area contributed by atoms with Crippen molar-refractivity contribution in [2.24, 2.45) is 0 Å². The monoisotopic (exact) mass is 294 g/mol. The standard InChI is InChI=1S/C13H18N4O2S/c1-16(8-2-9-17-10-7-15-11-17)20(18,19)13-5-3-12(14)4-6-13/h3-7,10-11H,2,8-9,14H2,1H3. The fraction of sp³-hybridized carbons (Fsp3) is 0.308. The summed E-state index contributed by atoms with van der Waals surface area (Å²) in [5.74, 6) is 0. The third-order valence-electron chi connectivity index (χ3n) is 3.04. The molecule has 0 saturated carbocycles. The highest BCUT2D eigenvalue weighted by atomic mass is 32.2. The number of hydrogen-bond acceptors (Lipinski definition) is 4. The Morgan fingerprint density at radius 2 is 2.00 bits per heavy atom. The highest BCUT2D eigenvalue weighted by molar-refractivity contribution is 7.89. The van der Waals surface area contributed by atoms with E-state index in [4.69, 9.17) is 5.73 Å². The minimum atomic E-state index is -3.44. The molecule has 2 aromatic rings. The van der Waals surface area contributed by atoms with Gasteiger partial charge in [0.15, 0.2) is 0 Å². The molecular weight excluding hydrogens is 276 g/mol. The van der Waals surface area contributed by atoms with Crippen LogP contribution >= 0.6 is 0 Å². The highest BCUT2D eigenvalue weighted by Crippen LogP contribution is 2.16. The maximum absolute atomic E-state index is 12.3. The minimum absolute atomic E-state index is 0.261. The first kappa shape index (κ1) is 14.5. The first-order valence-corrected chi connectivity index (χ1v) is 7.72. The summed E-state index contributed by atoms with van der Waals surface area (Å²) in [5, 5.41) is 0. The van der Waals surface area contributed by atoms with Gasteiger partial charge >= 0.3 is 0 Å². The van der Waals surface area contributed by atoms with E-state index in [-0.39, 0.29) is 4.90 Å². The van der Waals surface area contributed by atoms with Crippen LogP contribution in [-0.4, -0.2) is 35.9 Å². The fourth-order valence-corrected chi connectivity index (χ4v) is 3.04. The molecule has 0 atom stereocenters. The number of hydrogen-bond donors (Lipinski definition) is 1. The molecule has 0 aliphatic rings. The number of aryl methyl sites for hydroxylation is 1. The second kappa shape index (κ2) is 6.06. The maximum Gasteiger partial charge on any atom is 0.242 e. The highest BCUT2D eigenvalue weighted by Gasteiger charge is 2.19. The van der Waals surface area contributed by atoms with E-state index < -0.39 is 10.0 Å². The number of imidazole rings is 1. The smallest absolute Gasteiger partial charge is 0.242 e. The Kier molecular flexibility index (Phi) is 4.41. The molecule has 1 heterocycles. The van der Waals surface area contributed by atoms with Gasteiger partial charge in [0, 0.05) is 38.2 Å². The summed E-state index contributed by atoms with van der Waals surface area (Å²) in [4.78, 5) is 4.20. The molecule has 2 rings (SSSR count). The van der Waals surface area contributed by atoms with E-state index in [0.29, 0.717) is 12.2 Å². The van der Waals surface area contributed by atoms with Gasteiger partial charge in [-0.1, -0.05) is 0 Å². The molecule has 0 aliphatic carbocycles. The van der Waals surface area contributed by atoms with Gasteiger partial charge in [-0.15, -0.1) is 0 Å². The van der Waals surface area contributed by atoms with E-state index in [2.05, 4.69) is 4.98 Å². The van der Waals surface area contributed by atoms with Gasteiger partial charge in [0.05, 0.1) is 11.2 Å². The van der Waals surface area contributed by atoms with E-state index >= 15 is 0 Å². The third-order valence-corrected chi connectivity index (χ3v) is 4.91. The van der Waals surface area contributed by atoms with Crippen LogP contribution in [0.25, 0.3) is 0 Å². The van der Waals surface area contributed by atoms with E-state index in [9.17, 15) is 8.42 Å². The number of anilines is 1. The molecule has 0 fully saturated rings. The van der Waals surface area contributed by atoms with E-state index in [1.54, 1.807) is 31.7 Å². The van der Waals surface area contributed by atoms with Crippen LogP contribution in [0.4, 0.5) is 5.69 Å². The van der Waals surface area contributed by atoms with Crippen LogP contribution in [0.15, 0.2) is 47.9 Å². The molecular formula is C13H18N4O2S. The zero-order valence-corrected chi connectivity index (χ0v) is 12.1. The van der Waals surface area contributed by atoms with Gasteiger partial charge in [0.25, 0.3) is 0 Å². The van der Waals surface area contributed by atoms with Crippen LogP contribution in [0.2, 0.25) is 0 Å². The van der Waals surface area contributed by atoms with Gasteiger partial charge in [0.1, 0.15) is 0 Å². The Balaban J connectivity index is 1.96. The number of nitrogens with two attached hydrogens (primary N) is 1. The largest absolute Gasteiger partial charge is 0.399 e. The van der Waals surface area contributed by atoms with Gasteiger partial charge in [0.2, 0.25) is 10.0 Å². The van der Waals surface area contributed by atoms with Crippen LogP contribution in [-0.2, 0) is 16.6 Å². The van der Waals surface area contributed by atoms with Crippen molar-refractivity contribution in [1.29, 1.82) is 0 Å². The lowest BCUT2D eigenvalue weighted by molar-refractivity contribution is 0.446. The molecule has 0 saturated heterocycles. The minimum Gasteiger partial charge on any atom is -0.399 e. The summed E-state index contributed by atoms with van der Waals surface area (Å²) in [5.41, 5.74) is 6.11. The summed E-state index contributed by atoms with van der Waals surface area (Å²) in [6.07, 6.45) is 6.00. The van der Waals surface area contributed by atoms with E-state index in [1.807, 2.05) is 10.8 Å². The zero-order chi connectivity index (χ0) is 14.6. The lowest BCUT2D eigenvalue weighted by atomic mass is 10.3. The third kappa shape index (κ3) is 3.37. The van der Waals surface area contributed by atoms with Crippen LogP contribution in [0, 0.1) is 0 Å². The Morgan fingerprint density at radius 1 is 1.30 bits per heavy atom. The van der Waals surface area contributed by atoms with Gasteiger partial charge in [-0.3, -0.25) is 0 Å². The average molecular weight is 294 g/mol. The number of sulfonamides is 1. The molecule has 0 bridgehead atoms. The molecule has 0 amide bonds. The van der Waals surface area contributed by atoms with Gasteiger partial charge in [-0.2, -0.15) is 0 Å². The molecule has 0 spiro atoms. The predicted molar refractivity (Wildman–Crippen MR) is 77.5 cm³/mol. The zero-order valence-electron chi connectivity index (χ0n) is 11.3. The molecule has 0 radical (unpaired) electrons. The Bertz CT molecular complexity index is 636. The normalized spacial score (nSPS) is 11.9. The number of rotatable bonds is 6. The van der Waals surface area contributed by atoms with Crippen molar-refractivity contribution < 1.29 is 8.42 Å². The Morgan fingerprint density at radius 3 is 2.60 bits per heavy atom. The number of nitrogens with zero attached hydrogens (tertiary/aromatic N) is 3. The van der Waals surface area contributed by atoms with Gasteiger partial charge < -0.3 is 10.3 Å². The van der Waals surface area contributed by atoms with Gasteiger partial charge in [-0.05, 0) is 30.7 Å². The number of aromatic nitrogens is 2. The quantitative estimate of drug-likeness (QED) is 0.811. The second-order valence-corrected chi connectivity index (χ2v) is 6.59. The molecule has 0 unspecified atom stereocenters. The molecule has 108 valence electrons. The van der Waals surface area contributed by atoms with E-state index in [1.165, 1.54) is 16.4 Å². The van der Waals surface area contributed by atoms with E-state index in [0.717, 1.165) is 13.0 Å². The molecule has 2 N–H and O–H groups in total. The molecule has 1 aromatic heterocycles. The fourth-order valence-electron chi connectivity index (χ4n) is 1.83. The summed E-state index contributed by atoms with van der Waals surface area (Å²) in [6.45, 7) is 1.19. The van der Waals surface area contributed by atoms with Crippen molar-refractivity contribution in [2.75, 3.05) is 19.3 Å². The molecule has 20 heavy (non-hydrogen) atoms. The summed E-state index contributed by atoms with van der Waals surface area (Å²) >= 11 is 0. The number of nitrogen functional groups attached to an aromatic ring is 1. The summed E-state index contributed by atoms with van der Waals surface area (Å²) in [7, 11) is -1.86. The lowest BCUT2D eigenvalue weighted by Gasteiger charge is -2.17. The topological polar surface area (TPSA) is 81.2 Å². The van der Waals surface area contributed by atoms with Crippen LogP contribution in [0.5, 0.6) is 0 Å². The Labute approximate surface area is 118 Å². The maximum atomic E-state index is 12.3. The SMILES string of the molecule is CN(CCCn1ccnc1)S(=O)(=O)c1ccc(N)cc1. The lowest BCUT2D eigenvalue weighted by Crippen LogP contribution is -2.28. The summed E-state index contributed by atoms with van der Waals surface area (Å²) in [6, 6.07) is 6.23. The van der Waals surface area contributed by atoms with Crippen molar-refractivity contribution in [3.8, 4) is 0 Å². The first-order chi connectivity index (χ1) is 9.50. The Hall–Kier alpha value is -1.86. The second-order valence-electron chi connectivity index (χ2n) is 4.55. The van der Waals surface area contributed by atoms with Crippen molar-refractivity contribution in [2.45, 2.75) is 17.9 Å². The molecule has 1 aromatic carbocycles. The number of benzene rings is 1. The molecule has 0 aliphatic heterocycles. The van der Waals surface area contributed by atoms with Crippen molar-refractivity contribution in [1.82, 2.24) is 13.9 Å². The average Bonchev–Trinajstić information content (AvgIpc) is 2.92. The first-order valence-electron chi connectivity index (χ1n) is 6.28. The van der Waals surface area contributed by atoms with Crippen LogP contribution in [0.3, 0.4) is 0 Å². The predicted octanol–water partition coefficient (Wildman–Crippen LogP) is 1.18. The molecule has 7 heteroatoms.